The van der Waals surface area contributed by atoms with Gasteiger partial charge in [0.05, 0.1) is 0 Å². The van der Waals surface area contributed by atoms with Gasteiger partial charge in [-0.15, -0.1) is 0 Å². The Morgan fingerprint density at radius 1 is 1.43 bits per heavy atom. The molecule has 0 spiro atoms. The van der Waals surface area contributed by atoms with Gasteiger partial charge in [0.1, 0.15) is 0 Å². The molecule has 0 saturated carbocycles. The van der Waals surface area contributed by atoms with E-state index in [-0.39, 0.29) is 12.1 Å². The van der Waals surface area contributed by atoms with Crippen LogP contribution in [-0.2, 0) is 6.42 Å². The highest BCUT2D eigenvalue weighted by molar-refractivity contribution is 5.74. The van der Waals surface area contributed by atoms with E-state index in [4.69, 9.17) is 0 Å². The molecule has 0 bridgehead atoms. The number of hydrogen-bond donors (Lipinski definition) is 2. The number of carbonyl (C=O) groups is 1. The summed E-state index contributed by atoms with van der Waals surface area (Å²) in [6.45, 7) is 5.66. The Morgan fingerprint density at radius 2 is 2.29 bits per heavy atom. The molecular weight excluding hydrogens is 262 g/mol. The maximum atomic E-state index is 12.3. The molecule has 1 fully saturated rings. The zero-order chi connectivity index (χ0) is 14.7. The highest BCUT2D eigenvalue weighted by Gasteiger charge is 2.23. The average molecular weight is 287 g/mol. The van der Waals surface area contributed by atoms with Crippen LogP contribution >= 0.6 is 0 Å². The molecular formula is C17H25N3O. The summed E-state index contributed by atoms with van der Waals surface area (Å²) >= 11 is 0. The van der Waals surface area contributed by atoms with Crippen LogP contribution in [0.3, 0.4) is 0 Å². The van der Waals surface area contributed by atoms with Gasteiger partial charge in [0.25, 0.3) is 0 Å². The molecule has 0 radical (unpaired) electrons. The van der Waals surface area contributed by atoms with Crippen molar-refractivity contribution in [1.82, 2.24) is 15.5 Å². The lowest BCUT2D eigenvalue weighted by atomic mass is 9.94. The molecule has 2 heterocycles. The Balaban J connectivity index is 1.57. The van der Waals surface area contributed by atoms with Gasteiger partial charge in [0, 0.05) is 25.7 Å². The summed E-state index contributed by atoms with van der Waals surface area (Å²) in [4.78, 5) is 14.2. The minimum absolute atomic E-state index is 0.0893. The summed E-state index contributed by atoms with van der Waals surface area (Å²) in [5, 5.41) is 6.62. The van der Waals surface area contributed by atoms with Crippen molar-refractivity contribution in [3.8, 4) is 0 Å². The fraction of sp³-hybridized carbons (Fsp3) is 0.588. The van der Waals surface area contributed by atoms with Crippen LogP contribution in [0.1, 0.15) is 36.9 Å². The van der Waals surface area contributed by atoms with Crippen molar-refractivity contribution in [2.45, 2.75) is 32.2 Å². The number of benzene rings is 1. The summed E-state index contributed by atoms with van der Waals surface area (Å²) in [5.74, 6) is 0.623. The number of nitrogens with zero attached hydrogens (tertiary/aromatic N) is 1. The quantitative estimate of drug-likeness (QED) is 0.877. The number of nitrogens with one attached hydrogen (secondary N) is 2. The van der Waals surface area contributed by atoms with Crippen molar-refractivity contribution in [3.63, 3.8) is 0 Å². The lowest BCUT2D eigenvalue weighted by Crippen LogP contribution is -2.47. The molecule has 1 aromatic carbocycles. The summed E-state index contributed by atoms with van der Waals surface area (Å²) in [7, 11) is 0. The molecule has 2 amide bonds. The first-order chi connectivity index (χ1) is 10.2. The standard InChI is InChI=1S/C17H25N3O/c1-13-5-4-10-20(12-13)17(21)19-11-16-15-7-3-2-6-14(15)8-9-18-16/h2-3,6-7,13,16,18H,4-5,8-12H2,1H3,(H,19,21). The molecule has 0 aromatic heterocycles. The molecule has 1 aromatic rings. The first-order valence-corrected chi connectivity index (χ1v) is 8.08. The Bertz CT molecular complexity index is 503. The predicted molar refractivity (Wildman–Crippen MR) is 84.3 cm³/mol. The average Bonchev–Trinajstić information content (AvgIpc) is 2.52. The fourth-order valence-electron chi connectivity index (χ4n) is 3.45. The lowest BCUT2D eigenvalue weighted by molar-refractivity contribution is 0.168. The Hall–Kier alpha value is -1.55. The smallest absolute Gasteiger partial charge is 0.317 e. The third-order valence-electron chi connectivity index (χ3n) is 4.62. The lowest BCUT2D eigenvalue weighted by Gasteiger charge is -2.32. The maximum absolute atomic E-state index is 12.3. The molecule has 4 nitrogen and oxygen atoms in total. The first kappa shape index (κ1) is 14.4. The molecule has 1 saturated heterocycles. The number of rotatable bonds is 2. The van der Waals surface area contributed by atoms with Crippen LogP contribution in [0.15, 0.2) is 24.3 Å². The molecule has 2 unspecified atom stereocenters. The van der Waals surface area contributed by atoms with Gasteiger partial charge in [-0.25, -0.2) is 4.79 Å². The van der Waals surface area contributed by atoms with Crippen molar-refractivity contribution in [2.24, 2.45) is 5.92 Å². The fourth-order valence-corrected chi connectivity index (χ4v) is 3.45. The SMILES string of the molecule is CC1CCCN(C(=O)NCC2NCCc3ccccc32)C1. The Kier molecular flexibility index (Phi) is 4.44. The number of fused-ring (bicyclic) bond motifs is 1. The number of urea groups is 1. The highest BCUT2D eigenvalue weighted by atomic mass is 16.2. The van der Waals surface area contributed by atoms with E-state index in [0.29, 0.717) is 12.5 Å². The zero-order valence-corrected chi connectivity index (χ0v) is 12.8. The van der Waals surface area contributed by atoms with Gasteiger partial charge in [-0.3, -0.25) is 0 Å². The van der Waals surface area contributed by atoms with E-state index in [2.05, 4.69) is 41.8 Å². The van der Waals surface area contributed by atoms with Gasteiger partial charge < -0.3 is 15.5 Å². The number of carbonyl (C=O) groups excluding carboxylic acids is 1. The van der Waals surface area contributed by atoms with Gasteiger partial charge in [0.15, 0.2) is 0 Å². The third kappa shape index (κ3) is 3.38. The van der Waals surface area contributed by atoms with Crippen LogP contribution in [0, 0.1) is 5.92 Å². The van der Waals surface area contributed by atoms with Gasteiger partial charge in [0.2, 0.25) is 0 Å². The second-order valence-corrected chi connectivity index (χ2v) is 6.33. The predicted octanol–water partition coefficient (Wildman–Crippen LogP) is 2.31. The molecule has 2 aliphatic rings. The highest BCUT2D eigenvalue weighted by Crippen LogP contribution is 2.22. The summed E-state index contributed by atoms with van der Waals surface area (Å²) < 4.78 is 0. The van der Waals surface area contributed by atoms with Gasteiger partial charge in [-0.2, -0.15) is 0 Å². The summed E-state index contributed by atoms with van der Waals surface area (Å²) in [6.07, 6.45) is 3.44. The van der Waals surface area contributed by atoms with Crippen LogP contribution in [-0.4, -0.2) is 37.1 Å². The van der Waals surface area contributed by atoms with E-state index in [1.165, 1.54) is 17.5 Å². The molecule has 4 heteroatoms. The van der Waals surface area contributed by atoms with Crippen molar-refractivity contribution in [3.05, 3.63) is 35.4 Å². The van der Waals surface area contributed by atoms with Gasteiger partial charge >= 0.3 is 6.03 Å². The molecule has 2 aliphatic heterocycles. The molecule has 2 atom stereocenters. The van der Waals surface area contributed by atoms with E-state index < -0.39 is 0 Å². The molecule has 21 heavy (non-hydrogen) atoms. The van der Waals surface area contributed by atoms with E-state index in [9.17, 15) is 4.79 Å². The number of piperidine rings is 1. The van der Waals surface area contributed by atoms with E-state index in [1.807, 2.05) is 4.90 Å². The number of likely N-dealkylation sites (tertiary alicyclic amines) is 1. The van der Waals surface area contributed by atoms with Crippen LogP contribution in [0.5, 0.6) is 0 Å². The topological polar surface area (TPSA) is 44.4 Å². The van der Waals surface area contributed by atoms with Crippen molar-refractivity contribution >= 4 is 6.03 Å². The Morgan fingerprint density at radius 3 is 3.14 bits per heavy atom. The second kappa shape index (κ2) is 6.48. The van der Waals surface area contributed by atoms with Crippen LogP contribution in [0.2, 0.25) is 0 Å². The monoisotopic (exact) mass is 287 g/mol. The van der Waals surface area contributed by atoms with Crippen LogP contribution in [0.25, 0.3) is 0 Å². The number of hydrogen-bond acceptors (Lipinski definition) is 2. The summed E-state index contributed by atoms with van der Waals surface area (Å²) in [6, 6.07) is 8.85. The molecule has 3 rings (SSSR count). The Labute approximate surface area is 126 Å². The zero-order valence-electron chi connectivity index (χ0n) is 12.8. The largest absolute Gasteiger partial charge is 0.336 e. The normalized spacial score (nSPS) is 25.3. The second-order valence-electron chi connectivity index (χ2n) is 6.33. The minimum atomic E-state index is 0.0893. The van der Waals surface area contributed by atoms with Crippen molar-refractivity contribution in [2.75, 3.05) is 26.2 Å². The van der Waals surface area contributed by atoms with Crippen molar-refractivity contribution < 1.29 is 4.79 Å². The van der Waals surface area contributed by atoms with E-state index in [0.717, 1.165) is 32.5 Å². The van der Waals surface area contributed by atoms with E-state index >= 15 is 0 Å². The van der Waals surface area contributed by atoms with Gasteiger partial charge in [-0.1, -0.05) is 31.2 Å². The van der Waals surface area contributed by atoms with Gasteiger partial charge in [-0.05, 0) is 42.9 Å². The molecule has 114 valence electrons. The van der Waals surface area contributed by atoms with Crippen molar-refractivity contribution in [1.29, 1.82) is 0 Å². The maximum Gasteiger partial charge on any atom is 0.317 e. The molecule has 0 aliphatic carbocycles. The third-order valence-corrected chi connectivity index (χ3v) is 4.62. The summed E-state index contributed by atoms with van der Waals surface area (Å²) in [5.41, 5.74) is 2.73. The first-order valence-electron chi connectivity index (χ1n) is 8.08. The molecule has 2 N–H and O–H groups in total. The minimum Gasteiger partial charge on any atom is -0.336 e. The van der Waals surface area contributed by atoms with Crippen LogP contribution in [0.4, 0.5) is 4.79 Å². The van der Waals surface area contributed by atoms with Crippen LogP contribution < -0.4 is 10.6 Å². The number of amides is 2. The van der Waals surface area contributed by atoms with E-state index in [1.54, 1.807) is 0 Å².